The predicted molar refractivity (Wildman–Crippen MR) is 48.2 cm³/mol. The van der Waals surface area contributed by atoms with Gasteiger partial charge in [-0.05, 0) is 18.2 Å². The van der Waals surface area contributed by atoms with Crippen LogP contribution in [0.15, 0.2) is 18.2 Å². The average molecular weight is 181 g/mol. The molecule has 0 unspecified atom stereocenters. The van der Waals surface area contributed by atoms with Crippen molar-refractivity contribution in [2.75, 3.05) is 12.8 Å². The minimum absolute atomic E-state index is 0.0351. The lowest BCUT2D eigenvalue weighted by Gasteiger charge is -2.03. The molecule has 0 aliphatic carbocycles. The van der Waals surface area contributed by atoms with E-state index in [2.05, 4.69) is 4.74 Å². The molecule has 1 aromatic rings. The normalized spacial score (nSPS) is 9.62. The van der Waals surface area contributed by atoms with Gasteiger partial charge in [-0.1, -0.05) is 0 Å². The topological polar surface area (TPSA) is 72.5 Å². The first kappa shape index (κ1) is 9.38. The van der Waals surface area contributed by atoms with Crippen molar-refractivity contribution < 1.29 is 14.6 Å². The third-order valence-electron chi connectivity index (χ3n) is 1.67. The van der Waals surface area contributed by atoms with Gasteiger partial charge < -0.3 is 15.6 Å². The van der Waals surface area contributed by atoms with Gasteiger partial charge in [-0.2, -0.15) is 0 Å². The Balaban J connectivity index is 2.87. The summed E-state index contributed by atoms with van der Waals surface area (Å²) in [6.45, 7) is 0. The van der Waals surface area contributed by atoms with E-state index in [1.165, 1.54) is 13.2 Å². The van der Waals surface area contributed by atoms with Crippen LogP contribution in [0.4, 0.5) is 5.69 Å². The van der Waals surface area contributed by atoms with Gasteiger partial charge in [-0.3, -0.25) is 4.79 Å². The molecule has 1 aromatic carbocycles. The summed E-state index contributed by atoms with van der Waals surface area (Å²) in [6.07, 6.45) is 0.0351. The number of hydrogen-bond donors (Lipinski definition) is 2. The molecule has 0 amide bonds. The quantitative estimate of drug-likeness (QED) is 0.400. The molecule has 0 aliphatic heterocycles. The molecule has 0 saturated heterocycles. The lowest BCUT2D eigenvalue weighted by atomic mass is 10.1. The molecule has 0 radical (unpaired) electrons. The zero-order valence-corrected chi connectivity index (χ0v) is 7.28. The van der Waals surface area contributed by atoms with Crippen LogP contribution >= 0.6 is 0 Å². The van der Waals surface area contributed by atoms with E-state index in [1.54, 1.807) is 12.1 Å². The number of methoxy groups -OCH3 is 1. The zero-order chi connectivity index (χ0) is 9.84. The van der Waals surface area contributed by atoms with Crippen molar-refractivity contribution >= 4 is 11.7 Å². The second-order valence-electron chi connectivity index (χ2n) is 2.64. The Morgan fingerprint density at radius 2 is 2.31 bits per heavy atom. The number of benzene rings is 1. The summed E-state index contributed by atoms with van der Waals surface area (Å²) in [5.41, 5.74) is 6.47. The van der Waals surface area contributed by atoms with E-state index in [4.69, 9.17) is 5.73 Å². The molecule has 0 bridgehead atoms. The fourth-order valence-electron chi connectivity index (χ4n) is 0.975. The number of phenols is 1. The predicted octanol–water partition coefficient (Wildman–Crippen LogP) is 0.690. The largest absolute Gasteiger partial charge is 0.508 e. The van der Waals surface area contributed by atoms with Gasteiger partial charge in [0.15, 0.2) is 0 Å². The Kier molecular flexibility index (Phi) is 2.74. The van der Waals surface area contributed by atoms with E-state index in [0.29, 0.717) is 11.3 Å². The fourth-order valence-corrected chi connectivity index (χ4v) is 0.975. The summed E-state index contributed by atoms with van der Waals surface area (Å²) < 4.78 is 4.46. The van der Waals surface area contributed by atoms with Gasteiger partial charge in [0.2, 0.25) is 0 Å². The van der Waals surface area contributed by atoms with Gasteiger partial charge in [0.25, 0.3) is 0 Å². The van der Waals surface area contributed by atoms with Gasteiger partial charge in [0, 0.05) is 11.3 Å². The van der Waals surface area contributed by atoms with Gasteiger partial charge in [-0.15, -0.1) is 0 Å². The lowest BCUT2D eigenvalue weighted by molar-refractivity contribution is -0.139. The number of ether oxygens (including phenoxy) is 1. The Labute approximate surface area is 75.9 Å². The summed E-state index contributed by atoms with van der Waals surface area (Å²) in [6, 6.07) is 4.57. The number of rotatable bonds is 2. The molecule has 0 saturated carbocycles. The molecular weight excluding hydrogens is 170 g/mol. The number of nitrogen functional groups attached to an aromatic ring is 1. The number of anilines is 1. The van der Waals surface area contributed by atoms with Crippen LogP contribution in [0.1, 0.15) is 5.56 Å². The number of aromatic hydroxyl groups is 1. The van der Waals surface area contributed by atoms with Gasteiger partial charge in [0.1, 0.15) is 5.75 Å². The summed E-state index contributed by atoms with van der Waals surface area (Å²) in [7, 11) is 1.30. The molecule has 0 fully saturated rings. The summed E-state index contributed by atoms with van der Waals surface area (Å²) in [4.78, 5) is 10.9. The molecule has 0 aliphatic rings. The SMILES string of the molecule is COC(=O)Cc1cc(N)ccc1O. The molecule has 0 atom stereocenters. The summed E-state index contributed by atoms with van der Waals surface area (Å²) in [5.74, 6) is -0.347. The van der Waals surface area contributed by atoms with E-state index in [1.807, 2.05) is 0 Å². The Bertz CT molecular complexity index is 323. The maximum atomic E-state index is 10.9. The van der Waals surface area contributed by atoms with Crippen LogP contribution in [0.25, 0.3) is 0 Å². The van der Waals surface area contributed by atoms with E-state index in [0.717, 1.165) is 0 Å². The van der Waals surface area contributed by atoms with Crippen LogP contribution in [0.5, 0.6) is 5.75 Å². The molecule has 0 spiro atoms. The van der Waals surface area contributed by atoms with Crippen LogP contribution in [-0.4, -0.2) is 18.2 Å². The number of esters is 1. The van der Waals surface area contributed by atoms with Gasteiger partial charge in [0.05, 0.1) is 13.5 Å². The van der Waals surface area contributed by atoms with Crippen LogP contribution in [-0.2, 0) is 16.0 Å². The van der Waals surface area contributed by atoms with Crippen LogP contribution in [0, 0.1) is 0 Å². The average Bonchev–Trinajstić information content (AvgIpc) is 2.11. The van der Waals surface area contributed by atoms with Crippen molar-refractivity contribution in [2.24, 2.45) is 0 Å². The van der Waals surface area contributed by atoms with Crippen molar-refractivity contribution in [2.45, 2.75) is 6.42 Å². The lowest BCUT2D eigenvalue weighted by Crippen LogP contribution is -2.04. The molecule has 3 N–H and O–H groups in total. The Hall–Kier alpha value is -1.71. The second-order valence-corrected chi connectivity index (χ2v) is 2.64. The molecule has 0 heterocycles. The Morgan fingerprint density at radius 1 is 1.62 bits per heavy atom. The first-order valence-corrected chi connectivity index (χ1v) is 3.77. The molecular formula is C9H11NO3. The first-order valence-electron chi connectivity index (χ1n) is 3.77. The molecule has 13 heavy (non-hydrogen) atoms. The Morgan fingerprint density at radius 3 is 2.92 bits per heavy atom. The minimum Gasteiger partial charge on any atom is -0.508 e. The van der Waals surface area contributed by atoms with Crippen molar-refractivity contribution in [3.05, 3.63) is 23.8 Å². The highest BCUT2D eigenvalue weighted by atomic mass is 16.5. The van der Waals surface area contributed by atoms with Crippen molar-refractivity contribution in [3.8, 4) is 5.75 Å². The van der Waals surface area contributed by atoms with Gasteiger partial charge in [-0.25, -0.2) is 0 Å². The number of hydrogen-bond acceptors (Lipinski definition) is 4. The fraction of sp³-hybridized carbons (Fsp3) is 0.222. The number of carbonyl (C=O) groups excluding carboxylic acids is 1. The third-order valence-corrected chi connectivity index (χ3v) is 1.67. The van der Waals surface area contributed by atoms with E-state index < -0.39 is 5.97 Å². The summed E-state index contributed by atoms with van der Waals surface area (Å²) in [5, 5.41) is 9.32. The number of phenolic OH excluding ortho intramolecular Hbond substituents is 1. The minimum atomic E-state index is -0.402. The molecule has 0 aromatic heterocycles. The maximum absolute atomic E-state index is 10.9. The van der Waals surface area contributed by atoms with Crippen LogP contribution in [0.2, 0.25) is 0 Å². The van der Waals surface area contributed by atoms with E-state index in [-0.39, 0.29) is 12.2 Å². The third kappa shape index (κ3) is 2.37. The highest BCUT2D eigenvalue weighted by Crippen LogP contribution is 2.20. The van der Waals surface area contributed by atoms with E-state index >= 15 is 0 Å². The van der Waals surface area contributed by atoms with E-state index in [9.17, 15) is 9.90 Å². The molecule has 1 rings (SSSR count). The second kappa shape index (κ2) is 3.80. The number of carbonyl (C=O) groups is 1. The van der Waals surface area contributed by atoms with Crippen molar-refractivity contribution in [3.63, 3.8) is 0 Å². The van der Waals surface area contributed by atoms with Crippen molar-refractivity contribution in [1.82, 2.24) is 0 Å². The van der Waals surface area contributed by atoms with Gasteiger partial charge >= 0.3 is 5.97 Å². The summed E-state index contributed by atoms with van der Waals surface area (Å²) >= 11 is 0. The zero-order valence-electron chi connectivity index (χ0n) is 7.28. The first-order chi connectivity index (χ1) is 6.13. The molecule has 70 valence electrons. The highest BCUT2D eigenvalue weighted by Gasteiger charge is 2.07. The van der Waals surface area contributed by atoms with Crippen LogP contribution in [0.3, 0.4) is 0 Å². The van der Waals surface area contributed by atoms with Crippen LogP contribution < -0.4 is 5.73 Å². The smallest absolute Gasteiger partial charge is 0.310 e. The maximum Gasteiger partial charge on any atom is 0.310 e. The number of nitrogens with two attached hydrogens (primary N) is 1. The molecule has 4 heteroatoms. The molecule has 4 nitrogen and oxygen atoms in total. The highest BCUT2D eigenvalue weighted by molar-refractivity contribution is 5.74. The van der Waals surface area contributed by atoms with Crippen molar-refractivity contribution in [1.29, 1.82) is 0 Å². The monoisotopic (exact) mass is 181 g/mol. The standard InChI is InChI=1S/C9H11NO3/c1-13-9(12)5-6-4-7(10)2-3-8(6)11/h2-4,11H,5,10H2,1H3.